The van der Waals surface area contributed by atoms with Crippen LogP contribution in [0.15, 0.2) is 42.5 Å². The summed E-state index contributed by atoms with van der Waals surface area (Å²) in [4.78, 5) is 67.5. The number of anilines is 3. The number of nitrogens with zero attached hydrogens (tertiary/aromatic N) is 3. The van der Waals surface area contributed by atoms with Crippen molar-refractivity contribution >= 4 is 46.6 Å². The summed E-state index contributed by atoms with van der Waals surface area (Å²) in [6.07, 6.45) is 0.439. The molecule has 2 aromatic rings. The van der Waals surface area contributed by atoms with Gasteiger partial charge in [-0.2, -0.15) is 0 Å². The number of amides is 5. The van der Waals surface area contributed by atoms with Crippen LogP contribution in [0.2, 0.25) is 0 Å². The normalized spacial score (nSPS) is 19.1. The molecule has 0 spiro atoms. The first-order valence-electron chi connectivity index (χ1n) is 13.4. The van der Waals surface area contributed by atoms with Crippen molar-refractivity contribution in [3.05, 3.63) is 53.6 Å². The average Bonchev–Trinajstić information content (AvgIpc) is 3.21. The fourth-order valence-corrected chi connectivity index (χ4v) is 5.24. The molecule has 3 heterocycles. The molecule has 2 saturated heterocycles. The van der Waals surface area contributed by atoms with E-state index in [4.69, 9.17) is 10.5 Å². The number of rotatable bonds is 9. The molecule has 4 N–H and O–H groups in total. The molecule has 0 aliphatic carbocycles. The van der Waals surface area contributed by atoms with E-state index in [0.29, 0.717) is 31.9 Å². The third-order valence-electron chi connectivity index (χ3n) is 7.38. The molecule has 0 radical (unpaired) electrons. The number of nitrogen functional groups attached to an aromatic ring is 1. The molecule has 3 aliphatic rings. The predicted octanol–water partition coefficient (Wildman–Crippen LogP) is 0.837. The molecule has 5 rings (SSSR count). The van der Waals surface area contributed by atoms with Crippen LogP contribution in [-0.4, -0.2) is 91.3 Å². The Labute approximate surface area is 231 Å². The molecule has 2 aromatic carbocycles. The zero-order valence-corrected chi connectivity index (χ0v) is 22.1. The molecule has 40 heavy (non-hydrogen) atoms. The maximum Gasteiger partial charge on any atom is 0.264 e. The largest absolute Gasteiger partial charge is 0.399 e. The summed E-state index contributed by atoms with van der Waals surface area (Å²) in [6, 6.07) is 11.6. The highest BCUT2D eigenvalue weighted by molar-refractivity contribution is 6.25. The molecule has 5 amide bonds. The Bertz CT molecular complexity index is 1320. The third-order valence-corrected chi connectivity index (χ3v) is 7.38. The lowest BCUT2D eigenvalue weighted by Gasteiger charge is -2.36. The predicted molar refractivity (Wildman–Crippen MR) is 147 cm³/mol. The second-order valence-electron chi connectivity index (χ2n) is 9.92. The number of imide groups is 2. The van der Waals surface area contributed by atoms with Gasteiger partial charge in [0, 0.05) is 56.2 Å². The minimum Gasteiger partial charge on any atom is -0.399 e. The van der Waals surface area contributed by atoms with Crippen molar-refractivity contribution in [2.45, 2.75) is 25.3 Å². The molecule has 0 aromatic heterocycles. The first-order valence-corrected chi connectivity index (χ1v) is 13.4. The van der Waals surface area contributed by atoms with E-state index < -0.39 is 29.7 Å². The number of benzene rings is 2. The van der Waals surface area contributed by atoms with Crippen LogP contribution >= 0.6 is 0 Å². The number of fused-ring (bicyclic) bond motifs is 1. The van der Waals surface area contributed by atoms with Crippen molar-refractivity contribution in [3.63, 3.8) is 0 Å². The van der Waals surface area contributed by atoms with E-state index in [1.807, 2.05) is 29.2 Å². The van der Waals surface area contributed by atoms with Crippen LogP contribution in [0.1, 0.15) is 40.0 Å². The van der Waals surface area contributed by atoms with E-state index >= 15 is 0 Å². The minimum absolute atomic E-state index is 0.0449. The number of hydrogen-bond donors (Lipinski definition) is 3. The number of carbonyl (C=O) groups is 5. The highest BCUT2D eigenvalue weighted by Gasteiger charge is 2.45. The topological polar surface area (TPSA) is 154 Å². The molecule has 0 bridgehead atoms. The first-order chi connectivity index (χ1) is 19.3. The van der Waals surface area contributed by atoms with Crippen molar-refractivity contribution in [1.29, 1.82) is 0 Å². The Morgan fingerprint density at radius 3 is 2.45 bits per heavy atom. The van der Waals surface area contributed by atoms with Crippen LogP contribution in [0.5, 0.6) is 0 Å². The van der Waals surface area contributed by atoms with Crippen molar-refractivity contribution in [2.24, 2.45) is 0 Å². The lowest BCUT2D eigenvalue weighted by molar-refractivity contribution is -0.136. The van der Waals surface area contributed by atoms with Crippen molar-refractivity contribution in [2.75, 3.05) is 61.9 Å². The van der Waals surface area contributed by atoms with Crippen LogP contribution in [0, 0.1) is 0 Å². The van der Waals surface area contributed by atoms with E-state index in [9.17, 15) is 24.0 Å². The zero-order valence-electron chi connectivity index (χ0n) is 22.1. The maximum absolute atomic E-state index is 13.1. The second-order valence-corrected chi connectivity index (χ2v) is 9.92. The van der Waals surface area contributed by atoms with Crippen molar-refractivity contribution in [3.8, 4) is 0 Å². The number of hydrogen-bond acceptors (Lipinski definition) is 9. The smallest absolute Gasteiger partial charge is 0.264 e. The Morgan fingerprint density at radius 1 is 0.975 bits per heavy atom. The molecule has 1 atom stereocenters. The first kappa shape index (κ1) is 27.1. The number of ether oxygens (including phenoxy) is 1. The fraction of sp³-hybridized carbons (Fsp3) is 0.393. The van der Waals surface area contributed by atoms with Gasteiger partial charge in [-0.25, -0.2) is 0 Å². The molecule has 210 valence electrons. The van der Waals surface area contributed by atoms with Gasteiger partial charge in [-0.15, -0.1) is 0 Å². The highest BCUT2D eigenvalue weighted by Crippen LogP contribution is 2.32. The SMILES string of the molecule is Nc1ccc(N2CCN(C(=O)CCOCCNc3cccc4c3C(=O)N(C3CCC(=O)NC3=O)C4=O)CC2)cc1. The number of nitrogens with two attached hydrogens (primary N) is 1. The minimum atomic E-state index is -1.01. The Hall–Kier alpha value is -4.45. The summed E-state index contributed by atoms with van der Waals surface area (Å²) >= 11 is 0. The van der Waals surface area contributed by atoms with Gasteiger partial charge in [-0.05, 0) is 42.8 Å². The molecule has 2 fully saturated rings. The molecular weight excluding hydrogens is 516 g/mol. The summed E-state index contributed by atoms with van der Waals surface area (Å²) < 4.78 is 5.65. The van der Waals surface area contributed by atoms with Gasteiger partial charge in [0.2, 0.25) is 17.7 Å². The molecule has 12 heteroatoms. The summed E-state index contributed by atoms with van der Waals surface area (Å²) in [6.45, 7) is 3.71. The Kier molecular flexibility index (Phi) is 7.96. The number of piperidine rings is 1. The van der Waals surface area contributed by atoms with Crippen LogP contribution in [0.25, 0.3) is 0 Å². The molecule has 0 saturated carbocycles. The Balaban J connectivity index is 1.05. The summed E-state index contributed by atoms with van der Waals surface area (Å²) in [5, 5.41) is 5.32. The molecule has 12 nitrogen and oxygen atoms in total. The van der Waals surface area contributed by atoms with Gasteiger partial charge in [0.1, 0.15) is 6.04 Å². The number of carbonyl (C=O) groups excluding carboxylic acids is 5. The average molecular weight is 549 g/mol. The second kappa shape index (κ2) is 11.7. The lowest BCUT2D eigenvalue weighted by Crippen LogP contribution is -2.54. The van der Waals surface area contributed by atoms with Gasteiger partial charge in [-0.1, -0.05) is 6.07 Å². The summed E-state index contributed by atoms with van der Waals surface area (Å²) in [5.41, 5.74) is 8.45. The van der Waals surface area contributed by atoms with Crippen LogP contribution in [0.4, 0.5) is 17.1 Å². The fourth-order valence-electron chi connectivity index (χ4n) is 5.24. The van der Waals surface area contributed by atoms with Gasteiger partial charge in [0.05, 0.1) is 30.8 Å². The quantitative estimate of drug-likeness (QED) is 0.235. The highest BCUT2D eigenvalue weighted by atomic mass is 16.5. The van der Waals surface area contributed by atoms with E-state index in [-0.39, 0.29) is 42.9 Å². The molecule has 3 aliphatic heterocycles. The van der Waals surface area contributed by atoms with Crippen molar-refractivity contribution in [1.82, 2.24) is 15.1 Å². The third kappa shape index (κ3) is 5.62. The van der Waals surface area contributed by atoms with Gasteiger partial charge < -0.3 is 25.6 Å². The Morgan fingerprint density at radius 2 is 1.73 bits per heavy atom. The van der Waals surface area contributed by atoms with Gasteiger partial charge >= 0.3 is 0 Å². The molecule has 1 unspecified atom stereocenters. The van der Waals surface area contributed by atoms with E-state index in [1.54, 1.807) is 18.2 Å². The van der Waals surface area contributed by atoms with Crippen LogP contribution in [-0.2, 0) is 19.1 Å². The maximum atomic E-state index is 13.1. The van der Waals surface area contributed by atoms with Crippen molar-refractivity contribution < 1.29 is 28.7 Å². The summed E-state index contributed by atoms with van der Waals surface area (Å²) in [5.74, 6) is -2.14. The van der Waals surface area contributed by atoms with Crippen LogP contribution < -0.4 is 21.3 Å². The standard InChI is InChI=1S/C28H32N6O6/c29-18-4-6-19(7-5-18)32-12-14-33(15-13-32)24(36)10-16-40-17-11-30-21-3-1-2-20-25(21)28(39)34(27(20)38)22-8-9-23(35)31-26(22)37/h1-7,22,30H,8-17,29H2,(H,31,35,37). The van der Waals surface area contributed by atoms with E-state index in [1.165, 1.54) is 0 Å². The van der Waals surface area contributed by atoms with Gasteiger partial charge in [0.15, 0.2) is 0 Å². The van der Waals surface area contributed by atoms with Gasteiger partial charge in [0.25, 0.3) is 11.8 Å². The van der Waals surface area contributed by atoms with Gasteiger partial charge in [-0.3, -0.25) is 34.2 Å². The van der Waals surface area contributed by atoms with E-state index in [2.05, 4.69) is 15.5 Å². The molecular formula is C28H32N6O6. The summed E-state index contributed by atoms with van der Waals surface area (Å²) in [7, 11) is 0. The monoisotopic (exact) mass is 548 g/mol. The van der Waals surface area contributed by atoms with E-state index in [0.717, 1.165) is 29.4 Å². The zero-order chi connectivity index (χ0) is 28.2. The lowest BCUT2D eigenvalue weighted by atomic mass is 10.0. The number of piperazine rings is 1. The number of nitrogens with one attached hydrogen (secondary N) is 2. The van der Waals surface area contributed by atoms with Crippen LogP contribution in [0.3, 0.4) is 0 Å².